The molecule has 98 valence electrons. The molecular weight excluding hydrogens is 245 g/mol. The maximum atomic E-state index is 13.8. The van der Waals surface area contributed by atoms with E-state index in [2.05, 4.69) is 4.98 Å². The molecule has 1 aromatic heterocycles. The molecule has 0 aliphatic heterocycles. The second-order valence-electron chi connectivity index (χ2n) is 4.26. The Balaban J connectivity index is 2.33. The van der Waals surface area contributed by atoms with Gasteiger partial charge >= 0.3 is 0 Å². The summed E-state index contributed by atoms with van der Waals surface area (Å²) in [7, 11) is 1.59. The molecule has 5 heteroatoms. The highest BCUT2D eigenvalue weighted by Crippen LogP contribution is 2.19. The average Bonchev–Trinajstić information content (AvgIpc) is 2.41. The minimum Gasteiger partial charge on any atom is -0.381 e. The van der Waals surface area contributed by atoms with E-state index in [0.29, 0.717) is 5.69 Å². The molecule has 4 nitrogen and oxygen atoms in total. The molecule has 1 amide bonds. The zero-order chi connectivity index (χ0) is 14.0. The lowest BCUT2D eigenvalue weighted by Gasteiger charge is -2.18. The lowest BCUT2D eigenvalue weighted by molar-refractivity contribution is 0.0989. The number of rotatable bonds is 2. The Morgan fingerprint density at radius 2 is 1.89 bits per heavy atom. The van der Waals surface area contributed by atoms with Gasteiger partial charge in [0, 0.05) is 18.9 Å². The number of nitrogens with two attached hydrogens (primary N) is 1. The Labute approximate surface area is 110 Å². The summed E-state index contributed by atoms with van der Waals surface area (Å²) in [5.74, 6) is -1.52. The van der Waals surface area contributed by atoms with Crippen LogP contribution in [0.25, 0.3) is 0 Å². The third-order valence-corrected chi connectivity index (χ3v) is 2.87. The van der Waals surface area contributed by atoms with Crippen LogP contribution >= 0.6 is 0 Å². The molecule has 2 N–H and O–H groups in total. The Bertz CT molecular complexity index is 611. The van der Waals surface area contributed by atoms with Gasteiger partial charge in [-0.15, -0.1) is 0 Å². The molecule has 0 radical (unpaired) electrons. The number of anilines is 2. The van der Waals surface area contributed by atoms with Crippen molar-refractivity contribution in [2.45, 2.75) is 6.92 Å². The quantitative estimate of drug-likeness (QED) is 0.900. The number of nitrogen functional groups attached to an aromatic ring is 1. The van der Waals surface area contributed by atoms with Crippen LogP contribution in [0.5, 0.6) is 0 Å². The van der Waals surface area contributed by atoms with E-state index in [-0.39, 0.29) is 11.4 Å². The zero-order valence-corrected chi connectivity index (χ0v) is 10.7. The van der Waals surface area contributed by atoms with Crippen molar-refractivity contribution in [3.8, 4) is 0 Å². The molecule has 0 atom stereocenters. The standard InChI is InChI=1S/C14H14FN3O/c1-9-3-5-10(6-4-9)18(2)14(19)11-7-8-17-13(16)12(11)15/h3-8H,1-2H3,(H2,16,17). The predicted molar refractivity (Wildman–Crippen MR) is 72.5 cm³/mol. The van der Waals surface area contributed by atoms with Gasteiger partial charge in [0.2, 0.25) is 0 Å². The van der Waals surface area contributed by atoms with Crippen molar-refractivity contribution in [2.75, 3.05) is 17.7 Å². The van der Waals surface area contributed by atoms with E-state index in [1.54, 1.807) is 19.2 Å². The summed E-state index contributed by atoms with van der Waals surface area (Å²) in [4.78, 5) is 17.2. The number of nitrogens with zero attached hydrogens (tertiary/aromatic N) is 2. The number of carbonyl (C=O) groups excluding carboxylic acids is 1. The first-order valence-corrected chi connectivity index (χ1v) is 5.75. The normalized spacial score (nSPS) is 10.3. The highest BCUT2D eigenvalue weighted by atomic mass is 19.1. The van der Waals surface area contributed by atoms with Gasteiger partial charge in [0.05, 0.1) is 5.56 Å². The number of benzene rings is 1. The Kier molecular flexibility index (Phi) is 3.46. The SMILES string of the molecule is Cc1ccc(N(C)C(=O)c2ccnc(N)c2F)cc1. The highest BCUT2D eigenvalue weighted by molar-refractivity contribution is 6.06. The number of pyridine rings is 1. The van der Waals surface area contributed by atoms with Crippen LogP contribution in [0.4, 0.5) is 15.9 Å². The van der Waals surface area contributed by atoms with Gasteiger partial charge in [-0.25, -0.2) is 9.37 Å². The summed E-state index contributed by atoms with van der Waals surface area (Å²) in [6, 6.07) is 8.69. The molecule has 0 saturated heterocycles. The smallest absolute Gasteiger partial charge is 0.261 e. The summed E-state index contributed by atoms with van der Waals surface area (Å²) < 4.78 is 13.8. The number of carbonyl (C=O) groups is 1. The number of hydrogen-bond donors (Lipinski definition) is 1. The van der Waals surface area contributed by atoms with E-state index >= 15 is 0 Å². The second-order valence-corrected chi connectivity index (χ2v) is 4.26. The molecule has 0 fully saturated rings. The molecule has 0 unspecified atom stereocenters. The fourth-order valence-electron chi connectivity index (χ4n) is 1.69. The van der Waals surface area contributed by atoms with Crippen LogP contribution in [0, 0.1) is 12.7 Å². The lowest BCUT2D eigenvalue weighted by atomic mass is 10.2. The molecule has 1 aromatic carbocycles. The van der Waals surface area contributed by atoms with Gasteiger partial charge in [0.25, 0.3) is 5.91 Å². The van der Waals surface area contributed by atoms with Gasteiger partial charge in [0.1, 0.15) is 0 Å². The van der Waals surface area contributed by atoms with Gasteiger partial charge < -0.3 is 10.6 Å². The maximum Gasteiger partial charge on any atom is 0.261 e. The summed E-state index contributed by atoms with van der Waals surface area (Å²) in [6.07, 6.45) is 1.31. The first kappa shape index (κ1) is 13.0. The number of aromatic nitrogens is 1. The van der Waals surface area contributed by atoms with E-state index in [1.165, 1.54) is 17.2 Å². The molecule has 19 heavy (non-hydrogen) atoms. The van der Waals surface area contributed by atoms with Crippen LogP contribution in [0.1, 0.15) is 15.9 Å². The predicted octanol–water partition coefficient (Wildman–Crippen LogP) is 2.39. The maximum absolute atomic E-state index is 13.8. The van der Waals surface area contributed by atoms with Crippen molar-refractivity contribution in [3.63, 3.8) is 0 Å². The van der Waals surface area contributed by atoms with Crippen LogP contribution in [0.3, 0.4) is 0 Å². The van der Waals surface area contributed by atoms with E-state index in [4.69, 9.17) is 5.73 Å². The van der Waals surface area contributed by atoms with Gasteiger partial charge in [-0.05, 0) is 25.1 Å². The van der Waals surface area contributed by atoms with Gasteiger partial charge in [-0.3, -0.25) is 4.79 Å². The Morgan fingerprint density at radius 3 is 2.53 bits per heavy atom. The lowest BCUT2D eigenvalue weighted by Crippen LogP contribution is -2.27. The van der Waals surface area contributed by atoms with Gasteiger partial charge in [0.15, 0.2) is 11.6 Å². The number of halogens is 1. The van der Waals surface area contributed by atoms with Crippen LogP contribution in [-0.4, -0.2) is 17.9 Å². The topological polar surface area (TPSA) is 59.2 Å². The van der Waals surface area contributed by atoms with E-state index in [0.717, 1.165) is 5.56 Å². The number of hydrogen-bond acceptors (Lipinski definition) is 3. The molecule has 2 aromatic rings. The minimum atomic E-state index is -0.786. The molecule has 1 heterocycles. The number of aryl methyl sites for hydroxylation is 1. The first-order valence-electron chi connectivity index (χ1n) is 5.75. The van der Waals surface area contributed by atoms with Crippen LogP contribution in [0.15, 0.2) is 36.5 Å². The van der Waals surface area contributed by atoms with Crippen molar-refractivity contribution in [3.05, 3.63) is 53.5 Å². The summed E-state index contributed by atoms with van der Waals surface area (Å²) >= 11 is 0. The average molecular weight is 259 g/mol. The third-order valence-electron chi connectivity index (χ3n) is 2.87. The number of amides is 1. The van der Waals surface area contributed by atoms with Crippen molar-refractivity contribution in [1.82, 2.24) is 4.98 Å². The second kappa shape index (κ2) is 5.06. The monoisotopic (exact) mass is 259 g/mol. The molecule has 0 spiro atoms. The molecule has 0 saturated carbocycles. The van der Waals surface area contributed by atoms with Crippen LogP contribution in [-0.2, 0) is 0 Å². The van der Waals surface area contributed by atoms with Gasteiger partial charge in [-0.1, -0.05) is 17.7 Å². The van der Waals surface area contributed by atoms with E-state index < -0.39 is 11.7 Å². The summed E-state index contributed by atoms with van der Waals surface area (Å²) in [6.45, 7) is 1.95. The molecule has 0 bridgehead atoms. The van der Waals surface area contributed by atoms with Crippen molar-refractivity contribution >= 4 is 17.4 Å². The van der Waals surface area contributed by atoms with Crippen molar-refractivity contribution in [1.29, 1.82) is 0 Å². The molecule has 0 aliphatic rings. The first-order chi connectivity index (χ1) is 9.00. The van der Waals surface area contributed by atoms with Crippen molar-refractivity contribution < 1.29 is 9.18 Å². The summed E-state index contributed by atoms with van der Waals surface area (Å²) in [5.41, 5.74) is 7.05. The fourth-order valence-corrected chi connectivity index (χ4v) is 1.69. The largest absolute Gasteiger partial charge is 0.381 e. The highest BCUT2D eigenvalue weighted by Gasteiger charge is 2.19. The van der Waals surface area contributed by atoms with E-state index in [9.17, 15) is 9.18 Å². The molecule has 0 aliphatic carbocycles. The minimum absolute atomic E-state index is 0.0874. The van der Waals surface area contributed by atoms with Crippen molar-refractivity contribution in [2.24, 2.45) is 0 Å². The zero-order valence-electron chi connectivity index (χ0n) is 10.7. The molecular formula is C14H14FN3O. The van der Waals surface area contributed by atoms with E-state index in [1.807, 2.05) is 19.1 Å². The van der Waals surface area contributed by atoms with Crippen LogP contribution in [0.2, 0.25) is 0 Å². The van der Waals surface area contributed by atoms with Gasteiger partial charge in [-0.2, -0.15) is 0 Å². The Hall–Kier alpha value is -2.43. The fraction of sp³-hybridized carbons (Fsp3) is 0.143. The summed E-state index contributed by atoms with van der Waals surface area (Å²) in [5, 5.41) is 0. The van der Waals surface area contributed by atoms with Crippen LogP contribution < -0.4 is 10.6 Å². The molecule has 2 rings (SSSR count). The third kappa shape index (κ3) is 2.54. The Morgan fingerprint density at radius 1 is 1.26 bits per heavy atom.